The van der Waals surface area contributed by atoms with Gasteiger partial charge in [0.2, 0.25) is 11.8 Å². The van der Waals surface area contributed by atoms with E-state index in [4.69, 9.17) is 9.61 Å². The van der Waals surface area contributed by atoms with E-state index < -0.39 is 23.5 Å². The summed E-state index contributed by atoms with van der Waals surface area (Å²) in [7, 11) is 0. The van der Waals surface area contributed by atoms with Crippen LogP contribution in [0.5, 0.6) is 0 Å². The van der Waals surface area contributed by atoms with Crippen molar-refractivity contribution >= 4 is 17.5 Å². The van der Waals surface area contributed by atoms with Crippen molar-refractivity contribution in [3.63, 3.8) is 0 Å². The van der Waals surface area contributed by atoms with Gasteiger partial charge < -0.3 is 10.6 Å². The minimum Gasteiger partial charge on any atom is -0.349 e. The van der Waals surface area contributed by atoms with Crippen molar-refractivity contribution in [3.8, 4) is 0 Å². The van der Waals surface area contributed by atoms with Gasteiger partial charge in [0.1, 0.15) is 11.4 Å². The van der Waals surface area contributed by atoms with Gasteiger partial charge in [0.05, 0.1) is 30.2 Å². The second kappa shape index (κ2) is 9.49. The molecule has 0 aromatic carbocycles. The normalized spacial score (nSPS) is 29.4. The van der Waals surface area contributed by atoms with Crippen molar-refractivity contribution < 1.29 is 27.4 Å². The summed E-state index contributed by atoms with van der Waals surface area (Å²) in [5.41, 5.74) is 1.34. The summed E-state index contributed by atoms with van der Waals surface area (Å²) in [5, 5.41) is 18.5. The summed E-state index contributed by atoms with van der Waals surface area (Å²) in [5.74, 6) is -3.05. The SMILES string of the molecule is O=C(C[C@]12C[C@@](F)(C1)C2)NC(c1cnn2cc([C@@H](NC(=O)c3nonc3C3CC3)C3CCC(F)(F)CC3)nc2c1)C1CC1. The number of carbonyl (C=O) groups is 2. The molecule has 3 aromatic heterocycles. The van der Waals surface area contributed by atoms with Gasteiger partial charge >= 0.3 is 0 Å². The molecule has 6 aliphatic rings. The zero-order valence-electron chi connectivity index (χ0n) is 23.7. The first-order chi connectivity index (χ1) is 20.6. The van der Waals surface area contributed by atoms with E-state index in [9.17, 15) is 22.8 Å². The van der Waals surface area contributed by atoms with Crippen LogP contribution in [0.15, 0.2) is 23.1 Å². The van der Waals surface area contributed by atoms with Gasteiger partial charge in [0.15, 0.2) is 11.3 Å². The first kappa shape index (κ1) is 27.1. The Morgan fingerprint density at radius 3 is 2.37 bits per heavy atom. The standard InChI is InChI=1S/C30H34F3N7O3/c31-29-13-28(14-29,15-29)10-22(41)36-23(16-1-2-16)19-9-21-35-20(12-40(21)34-11-19)24(18-5-7-30(32,33)8-6-18)37-27(42)26-25(17-3-4-17)38-43-39-26/h9,11-12,16-18,23-24H,1-8,10,13-15H2,(H,36,41)(H,37,42)/t23?,24-,28-,29+/m0/s1. The molecule has 0 radical (unpaired) electrons. The molecule has 0 saturated heterocycles. The molecule has 9 rings (SSSR count). The zero-order chi connectivity index (χ0) is 29.6. The molecule has 2 N–H and O–H groups in total. The van der Waals surface area contributed by atoms with Crippen molar-refractivity contribution in [2.75, 3.05) is 0 Å². The highest BCUT2D eigenvalue weighted by Crippen LogP contribution is 2.71. The van der Waals surface area contributed by atoms with Crippen LogP contribution in [0.3, 0.4) is 0 Å². The van der Waals surface area contributed by atoms with Gasteiger partial charge in [-0.1, -0.05) is 5.16 Å². The number of nitrogens with zero attached hydrogens (tertiary/aromatic N) is 5. The Morgan fingerprint density at radius 2 is 1.70 bits per heavy atom. The lowest BCUT2D eigenvalue weighted by atomic mass is 9.41. The Hall–Kier alpha value is -3.51. The average Bonchev–Trinajstić information content (AvgIpc) is 3.87. The van der Waals surface area contributed by atoms with Crippen LogP contribution in [0, 0.1) is 17.3 Å². The van der Waals surface area contributed by atoms with Gasteiger partial charge in [-0.25, -0.2) is 27.3 Å². The fourth-order valence-electron chi connectivity index (χ4n) is 7.76. The van der Waals surface area contributed by atoms with Crippen molar-refractivity contribution in [2.45, 2.75) is 107 Å². The third kappa shape index (κ3) is 5.08. The highest BCUT2D eigenvalue weighted by molar-refractivity contribution is 5.93. The molecule has 6 saturated carbocycles. The van der Waals surface area contributed by atoms with Gasteiger partial charge in [-0.3, -0.25) is 9.59 Å². The molecule has 13 heteroatoms. The van der Waals surface area contributed by atoms with Crippen LogP contribution >= 0.6 is 0 Å². The fraction of sp³-hybridized carbons (Fsp3) is 0.667. The topological polar surface area (TPSA) is 127 Å². The van der Waals surface area contributed by atoms with Crippen LogP contribution in [-0.2, 0) is 4.79 Å². The predicted octanol–water partition coefficient (Wildman–Crippen LogP) is 5.14. The monoisotopic (exact) mass is 597 g/mol. The third-order valence-electron chi connectivity index (χ3n) is 10.3. The molecule has 6 aliphatic carbocycles. The van der Waals surface area contributed by atoms with Crippen LogP contribution in [0.25, 0.3) is 5.65 Å². The molecule has 3 heterocycles. The molecule has 10 nitrogen and oxygen atoms in total. The molecular weight excluding hydrogens is 563 g/mol. The summed E-state index contributed by atoms with van der Waals surface area (Å²) in [4.78, 5) is 31.1. The van der Waals surface area contributed by atoms with E-state index in [0.717, 1.165) is 31.2 Å². The number of nitrogens with one attached hydrogen (secondary N) is 2. The fourth-order valence-corrected chi connectivity index (χ4v) is 7.76. The largest absolute Gasteiger partial charge is 0.349 e. The van der Waals surface area contributed by atoms with Crippen LogP contribution < -0.4 is 10.6 Å². The van der Waals surface area contributed by atoms with Gasteiger partial charge in [0, 0.05) is 25.2 Å². The van der Waals surface area contributed by atoms with Gasteiger partial charge in [0.25, 0.3) is 5.91 Å². The summed E-state index contributed by atoms with van der Waals surface area (Å²) in [6, 6.07) is 1.04. The molecule has 3 aromatic rings. The maximum Gasteiger partial charge on any atom is 0.276 e. The number of amides is 2. The van der Waals surface area contributed by atoms with Gasteiger partial charge in [-0.05, 0) is 91.8 Å². The molecule has 6 fully saturated rings. The summed E-state index contributed by atoms with van der Waals surface area (Å²) in [6.45, 7) is 0. The number of hydrogen-bond donors (Lipinski definition) is 2. The second-order valence-corrected chi connectivity index (χ2v) is 13.9. The Morgan fingerprint density at radius 1 is 0.977 bits per heavy atom. The minimum atomic E-state index is -2.72. The molecule has 2 amide bonds. The first-order valence-electron chi connectivity index (χ1n) is 15.4. The Kier molecular flexibility index (Phi) is 5.98. The number of alkyl halides is 3. The molecule has 43 heavy (non-hydrogen) atoms. The minimum absolute atomic E-state index is 0.0626. The Bertz CT molecular complexity index is 1570. The highest BCUT2D eigenvalue weighted by Gasteiger charge is 2.69. The number of hydrogen-bond acceptors (Lipinski definition) is 7. The summed E-state index contributed by atoms with van der Waals surface area (Å²) >= 11 is 0. The lowest BCUT2D eigenvalue weighted by Crippen LogP contribution is -2.65. The molecule has 2 bridgehead atoms. The third-order valence-corrected chi connectivity index (χ3v) is 10.3. The number of aromatic nitrogens is 5. The number of fused-ring (bicyclic) bond motifs is 1. The lowest BCUT2D eigenvalue weighted by Gasteiger charge is -2.65. The number of imidazole rings is 1. The van der Waals surface area contributed by atoms with Crippen molar-refractivity contribution in [3.05, 3.63) is 41.1 Å². The van der Waals surface area contributed by atoms with E-state index in [2.05, 4.69) is 26.0 Å². The van der Waals surface area contributed by atoms with Gasteiger partial charge in [-0.15, -0.1) is 0 Å². The number of rotatable bonds is 10. The van der Waals surface area contributed by atoms with Crippen molar-refractivity contribution in [1.29, 1.82) is 0 Å². The van der Waals surface area contributed by atoms with Crippen LogP contribution in [-0.4, -0.2) is 48.3 Å². The number of halogens is 3. The predicted molar refractivity (Wildman–Crippen MR) is 145 cm³/mol. The molecule has 0 aliphatic heterocycles. The second-order valence-electron chi connectivity index (χ2n) is 13.9. The number of carbonyl (C=O) groups excluding carboxylic acids is 2. The van der Waals surface area contributed by atoms with E-state index >= 15 is 0 Å². The van der Waals surface area contributed by atoms with E-state index in [0.29, 0.717) is 48.6 Å². The Balaban J connectivity index is 1.04. The highest BCUT2D eigenvalue weighted by atomic mass is 19.3. The molecule has 228 valence electrons. The molecule has 0 spiro atoms. The molecule has 1 unspecified atom stereocenters. The maximum atomic E-state index is 14.1. The van der Waals surface area contributed by atoms with E-state index in [1.54, 1.807) is 16.9 Å². The van der Waals surface area contributed by atoms with E-state index in [-0.39, 0.29) is 60.6 Å². The molecule has 2 atom stereocenters. The zero-order valence-corrected chi connectivity index (χ0v) is 23.7. The van der Waals surface area contributed by atoms with Crippen LogP contribution in [0.4, 0.5) is 13.2 Å². The lowest BCUT2D eigenvalue weighted by molar-refractivity contribution is -0.215. The van der Waals surface area contributed by atoms with Gasteiger partial charge in [-0.2, -0.15) is 5.10 Å². The Labute approximate surface area is 245 Å². The maximum absolute atomic E-state index is 14.1. The average molecular weight is 598 g/mol. The van der Waals surface area contributed by atoms with E-state index in [1.807, 2.05) is 6.07 Å². The van der Waals surface area contributed by atoms with Crippen molar-refractivity contribution in [1.82, 2.24) is 35.5 Å². The summed E-state index contributed by atoms with van der Waals surface area (Å²) < 4.78 is 48.6. The smallest absolute Gasteiger partial charge is 0.276 e. The first-order valence-corrected chi connectivity index (χ1v) is 15.4. The quantitative estimate of drug-likeness (QED) is 0.332. The van der Waals surface area contributed by atoms with Crippen LogP contribution in [0.2, 0.25) is 0 Å². The van der Waals surface area contributed by atoms with Crippen LogP contribution in [0.1, 0.15) is 122 Å². The van der Waals surface area contributed by atoms with Crippen molar-refractivity contribution in [2.24, 2.45) is 17.3 Å². The molecular formula is C30H34F3N7O3. The summed E-state index contributed by atoms with van der Waals surface area (Å²) in [6.07, 6.45) is 9.01. The van der Waals surface area contributed by atoms with E-state index in [1.165, 1.54) is 0 Å².